The summed E-state index contributed by atoms with van der Waals surface area (Å²) in [5.41, 5.74) is 2.62. The fraction of sp³-hybridized carbons (Fsp3) is 0.353. The number of nitrogens with one attached hydrogen (secondary N) is 1. The highest BCUT2D eigenvalue weighted by Crippen LogP contribution is 2.19. The Labute approximate surface area is 138 Å². The van der Waals surface area contributed by atoms with E-state index in [2.05, 4.69) is 15.0 Å². The van der Waals surface area contributed by atoms with Gasteiger partial charge < -0.3 is 15.2 Å². The number of hydrogen-bond acceptors (Lipinski definition) is 4. The minimum absolute atomic E-state index is 0.0178. The van der Waals surface area contributed by atoms with Crippen molar-refractivity contribution < 1.29 is 23.0 Å². The first-order valence-corrected chi connectivity index (χ1v) is 7.45. The van der Waals surface area contributed by atoms with Gasteiger partial charge in [0, 0.05) is 24.8 Å². The van der Waals surface area contributed by atoms with Crippen molar-refractivity contribution in [1.82, 2.24) is 10.3 Å². The molecular formula is C17H19F3N2O2. The molecule has 0 saturated heterocycles. The summed E-state index contributed by atoms with van der Waals surface area (Å²) in [6.45, 7) is 1.04. The second-order valence-corrected chi connectivity index (χ2v) is 5.41. The van der Waals surface area contributed by atoms with Gasteiger partial charge in [0.15, 0.2) is 6.61 Å². The summed E-state index contributed by atoms with van der Waals surface area (Å²) in [6, 6.07) is 10.8. The molecule has 4 nitrogen and oxygen atoms in total. The van der Waals surface area contributed by atoms with E-state index in [-0.39, 0.29) is 18.5 Å². The zero-order valence-electron chi connectivity index (χ0n) is 13.2. The Balaban J connectivity index is 1.93. The molecule has 1 aromatic carbocycles. The van der Waals surface area contributed by atoms with E-state index in [0.29, 0.717) is 6.54 Å². The monoisotopic (exact) mass is 340 g/mol. The Morgan fingerprint density at radius 1 is 1.21 bits per heavy atom. The Hall–Kier alpha value is -2.12. The molecule has 2 N–H and O–H groups in total. The molecule has 0 amide bonds. The Bertz CT molecular complexity index is 662. The normalized spacial score (nSPS) is 12.9. The van der Waals surface area contributed by atoms with Crippen molar-refractivity contribution >= 4 is 0 Å². The molecule has 0 radical (unpaired) electrons. The number of aliphatic hydroxyl groups excluding tert-OH is 1. The topological polar surface area (TPSA) is 54.4 Å². The van der Waals surface area contributed by atoms with Crippen molar-refractivity contribution in [1.29, 1.82) is 0 Å². The summed E-state index contributed by atoms with van der Waals surface area (Å²) >= 11 is 0. The van der Waals surface area contributed by atoms with E-state index in [1.165, 1.54) is 12.3 Å². The van der Waals surface area contributed by atoms with Crippen LogP contribution in [0.3, 0.4) is 0 Å². The summed E-state index contributed by atoms with van der Waals surface area (Å²) in [5.74, 6) is -0.0541. The van der Waals surface area contributed by atoms with E-state index in [1.807, 2.05) is 31.2 Å². The second-order valence-electron chi connectivity index (χ2n) is 5.41. The number of aliphatic hydroxyl groups is 1. The van der Waals surface area contributed by atoms with E-state index in [9.17, 15) is 13.2 Å². The van der Waals surface area contributed by atoms with Gasteiger partial charge >= 0.3 is 6.18 Å². The van der Waals surface area contributed by atoms with Gasteiger partial charge in [-0.1, -0.05) is 24.3 Å². The van der Waals surface area contributed by atoms with Gasteiger partial charge in [-0.2, -0.15) is 13.2 Å². The summed E-state index contributed by atoms with van der Waals surface area (Å²) in [5, 5.41) is 12.4. The molecule has 0 fully saturated rings. The summed E-state index contributed by atoms with van der Waals surface area (Å²) in [7, 11) is 0. The molecule has 1 unspecified atom stereocenters. The van der Waals surface area contributed by atoms with Crippen molar-refractivity contribution in [2.24, 2.45) is 0 Å². The van der Waals surface area contributed by atoms with Crippen LogP contribution in [0.5, 0.6) is 5.88 Å². The van der Waals surface area contributed by atoms with Gasteiger partial charge in [0.05, 0.1) is 6.61 Å². The minimum atomic E-state index is -4.39. The van der Waals surface area contributed by atoms with Gasteiger partial charge in [-0.3, -0.25) is 0 Å². The maximum absolute atomic E-state index is 12.2. The first kappa shape index (κ1) is 18.2. The molecule has 0 bridgehead atoms. The molecule has 0 aliphatic heterocycles. The predicted molar refractivity (Wildman–Crippen MR) is 83.4 cm³/mol. The first-order chi connectivity index (χ1) is 11.4. The molecule has 2 rings (SSSR count). The molecule has 1 aromatic heterocycles. The highest BCUT2D eigenvalue weighted by molar-refractivity contribution is 5.26. The zero-order chi connectivity index (χ0) is 17.6. The van der Waals surface area contributed by atoms with E-state index >= 15 is 0 Å². The largest absolute Gasteiger partial charge is 0.468 e. The maximum atomic E-state index is 12.2. The molecule has 2 aromatic rings. The average molecular weight is 340 g/mol. The molecule has 1 atom stereocenters. The van der Waals surface area contributed by atoms with Crippen LogP contribution in [0.2, 0.25) is 0 Å². The predicted octanol–water partition coefficient (Wildman–Crippen LogP) is 3.37. The number of pyridine rings is 1. The average Bonchev–Trinajstić information content (AvgIpc) is 2.57. The van der Waals surface area contributed by atoms with Crippen LogP contribution < -0.4 is 10.1 Å². The van der Waals surface area contributed by atoms with Crippen molar-refractivity contribution in [3.05, 3.63) is 59.3 Å². The van der Waals surface area contributed by atoms with Gasteiger partial charge in [0.1, 0.15) is 0 Å². The fourth-order valence-electron chi connectivity index (χ4n) is 2.14. The smallest absolute Gasteiger partial charge is 0.422 e. The van der Waals surface area contributed by atoms with Crippen LogP contribution in [0.25, 0.3) is 0 Å². The highest BCUT2D eigenvalue weighted by atomic mass is 19.4. The number of benzene rings is 1. The van der Waals surface area contributed by atoms with Crippen LogP contribution in [-0.4, -0.2) is 22.9 Å². The summed E-state index contributed by atoms with van der Waals surface area (Å²) < 4.78 is 41.1. The number of nitrogens with zero attached hydrogens (tertiary/aromatic N) is 1. The number of alkyl halides is 3. The first-order valence-electron chi connectivity index (χ1n) is 7.45. The molecule has 0 spiro atoms. The van der Waals surface area contributed by atoms with Crippen molar-refractivity contribution in [3.8, 4) is 5.88 Å². The molecule has 7 heteroatoms. The highest BCUT2D eigenvalue weighted by Gasteiger charge is 2.28. The van der Waals surface area contributed by atoms with Gasteiger partial charge in [-0.15, -0.1) is 0 Å². The molecule has 0 aliphatic carbocycles. The summed E-state index contributed by atoms with van der Waals surface area (Å²) in [6.07, 6.45) is -2.97. The molecular weight excluding hydrogens is 321 g/mol. The van der Waals surface area contributed by atoms with Gasteiger partial charge in [0.25, 0.3) is 0 Å². The van der Waals surface area contributed by atoms with E-state index in [0.717, 1.165) is 16.7 Å². The SMILES string of the molecule is CC(NCc1ccnc(OCC(F)(F)F)c1)c1cccc(CO)c1. The summed E-state index contributed by atoms with van der Waals surface area (Å²) in [4.78, 5) is 3.77. The van der Waals surface area contributed by atoms with Crippen molar-refractivity contribution in [2.75, 3.05) is 6.61 Å². The number of ether oxygens (including phenoxy) is 1. The minimum Gasteiger partial charge on any atom is -0.468 e. The van der Waals surface area contributed by atoms with Gasteiger partial charge in [-0.25, -0.2) is 4.98 Å². The maximum Gasteiger partial charge on any atom is 0.422 e. The second kappa shape index (κ2) is 8.12. The van der Waals surface area contributed by atoms with Crippen LogP contribution in [-0.2, 0) is 13.2 Å². The zero-order valence-corrected chi connectivity index (χ0v) is 13.2. The van der Waals surface area contributed by atoms with Crippen LogP contribution >= 0.6 is 0 Å². The Morgan fingerprint density at radius 3 is 2.71 bits per heavy atom. The van der Waals surface area contributed by atoms with Crippen molar-refractivity contribution in [2.45, 2.75) is 32.3 Å². The third-order valence-corrected chi connectivity index (χ3v) is 3.43. The lowest BCUT2D eigenvalue weighted by Crippen LogP contribution is -2.20. The van der Waals surface area contributed by atoms with Gasteiger partial charge in [0.2, 0.25) is 5.88 Å². The van der Waals surface area contributed by atoms with Gasteiger partial charge in [-0.05, 0) is 29.7 Å². The number of hydrogen-bond donors (Lipinski definition) is 2. The third kappa shape index (κ3) is 5.82. The lowest BCUT2D eigenvalue weighted by atomic mass is 10.1. The van der Waals surface area contributed by atoms with E-state index in [4.69, 9.17) is 5.11 Å². The molecule has 1 heterocycles. The molecule has 130 valence electrons. The standard InChI is InChI=1S/C17H19F3N2O2/c1-12(15-4-2-3-14(7-15)10-23)22-9-13-5-6-21-16(8-13)24-11-17(18,19)20/h2-8,12,22-23H,9-11H2,1H3. The number of rotatable bonds is 7. The Kier molecular flexibility index (Phi) is 6.16. The third-order valence-electron chi connectivity index (χ3n) is 3.43. The quantitative estimate of drug-likeness (QED) is 0.811. The van der Waals surface area contributed by atoms with Crippen LogP contribution in [0, 0.1) is 0 Å². The van der Waals surface area contributed by atoms with E-state index in [1.54, 1.807) is 6.07 Å². The van der Waals surface area contributed by atoms with Crippen LogP contribution in [0.4, 0.5) is 13.2 Å². The Morgan fingerprint density at radius 2 is 2.00 bits per heavy atom. The number of halogens is 3. The van der Waals surface area contributed by atoms with Crippen molar-refractivity contribution in [3.63, 3.8) is 0 Å². The number of aromatic nitrogens is 1. The lowest BCUT2D eigenvalue weighted by Gasteiger charge is -2.15. The molecule has 24 heavy (non-hydrogen) atoms. The molecule has 0 aliphatic rings. The van der Waals surface area contributed by atoms with Crippen LogP contribution in [0.1, 0.15) is 29.7 Å². The lowest BCUT2D eigenvalue weighted by molar-refractivity contribution is -0.154. The fourth-order valence-corrected chi connectivity index (χ4v) is 2.14. The van der Waals surface area contributed by atoms with E-state index < -0.39 is 12.8 Å². The van der Waals surface area contributed by atoms with Crippen LogP contribution in [0.15, 0.2) is 42.6 Å². The molecule has 0 saturated carbocycles.